The van der Waals surface area contributed by atoms with Crippen LogP contribution in [0.15, 0.2) is 52.3 Å². The topological polar surface area (TPSA) is 85.6 Å². The van der Waals surface area contributed by atoms with Crippen molar-refractivity contribution in [3.8, 4) is 0 Å². The maximum atomic E-state index is 11.8. The molecule has 0 spiro atoms. The number of aromatic nitrogens is 5. The van der Waals surface area contributed by atoms with Crippen molar-refractivity contribution in [3.05, 3.63) is 80.4 Å². The minimum absolute atomic E-state index is 0.269. The van der Waals surface area contributed by atoms with Crippen LogP contribution in [0.25, 0.3) is 0 Å². The van der Waals surface area contributed by atoms with Crippen molar-refractivity contribution in [1.82, 2.24) is 24.5 Å². The van der Waals surface area contributed by atoms with E-state index in [0.717, 1.165) is 11.3 Å². The highest BCUT2D eigenvalue weighted by Gasteiger charge is 2.07. The summed E-state index contributed by atoms with van der Waals surface area (Å²) >= 11 is 0. The smallest absolute Gasteiger partial charge is 0.303 e. The molecule has 22 heavy (non-hydrogen) atoms. The molecular weight excluding hydrogens is 282 g/mol. The minimum atomic E-state index is -0.433. The molecule has 0 saturated heterocycles. The van der Waals surface area contributed by atoms with Crippen LogP contribution in [0.4, 0.5) is 0 Å². The van der Waals surface area contributed by atoms with Crippen molar-refractivity contribution >= 4 is 0 Å². The van der Waals surface area contributed by atoms with Gasteiger partial charge in [-0.1, -0.05) is 35.5 Å². The van der Waals surface area contributed by atoms with Crippen LogP contribution in [0, 0.1) is 0 Å². The van der Waals surface area contributed by atoms with Gasteiger partial charge in [0.15, 0.2) is 0 Å². The normalized spacial score (nSPS) is 10.8. The quantitative estimate of drug-likeness (QED) is 0.750. The molecular formula is C15H15N5O2. The van der Waals surface area contributed by atoms with Crippen molar-refractivity contribution in [2.24, 2.45) is 7.05 Å². The standard InChI is InChI=1S/C15H15N5O2/c1-19-8-12(14(21)16-15(19)22)9-20-10-13(17-18-20)7-11-5-3-2-4-6-11/h2-6,8,10H,7,9H2,1H3,(H,16,21,22). The summed E-state index contributed by atoms with van der Waals surface area (Å²) in [6.07, 6.45) is 4.00. The second-order valence-corrected chi connectivity index (χ2v) is 5.09. The Bertz CT molecular complexity index is 892. The Morgan fingerprint density at radius 3 is 2.68 bits per heavy atom. The second kappa shape index (κ2) is 5.80. The molecule has 3 aromatic rings. The second-order valence-electron chi connectivity index (χ2n) is 5.09. The van der Waals surface area contributed by atoms with E-state index >= 15 is 0 Å². The van der Waals surface area contributed by atoms with E-state index in [1.54, 1.807) is 17.9 Å². The Balaban J connectivity index is 1.79. The summed E-state index contributed by atoms with van der Waals surface area (Å²) in [6, 6.07) is 9.97. The molecule has 1 aromatic carbocycles. The first-order valence-corrected chi connectivity index (χ1v) is 6.83. The van der Waals surface area contributed by atoms with Gasteiger partial charge in [0.25, 0.3) is 5.56 Å². The van der Waals surface area contributed by atoms with Crippen LogP contribution < -0.4 is 11.2 Å². The van der Waals surface area contributed by atoms with E-state index in [4.69, 9.17) is 0 Å². The Labute approximate surface area is 125 Å². The van der Waals surface area contributed by atoms with Gasteiger partial charge in [-0.3, -0.25) is 9.78 Å². The lowest BCUT2D eigenvalue weighted by molar-refractivity contribution is 0.633. The van der Waals surface area contributed by atoms with Gasteiger partial charge in [0.1, 0.15) is 0 Å². The molecule has 0 aliphatic rings. The molecule has 2 heterocycles. The highest BCUT2D eigenvalue weighted by Crippen LogP contribution is 2.06. The van der Waals surface area contributed by atoms with Gasteiger partial charge in [0.2, 0.25) is 0 Å². The fourth-order valence-electron chi connectivity index (χ4n) is 2.21. The molecule has 0 aliphatic carbocycles. The number of H-pyrrole nitrogens is 1. The van der Waals surface area contributed by atoms with E-state index in [2.05, 4.69) is 15.3 Å². The van der Waals surface area contributed by atoms with E-state index in [-0.39, 0.29) is 6.54 Å². The molecule has 7 heteroatoms. The first-order valence-electron chi connectivity index (χ1n) is 6.83. The lowest BCUT2D eigenvalue weighted by atomic mass is 10.1. The van der Waals surface area contributed by atoms with E-state index in [1.165, 1.54) is 10.8 Å². The Hall–Kier alpha value is -2.96. The number of aromatic amines is 1. The number of rotatable bonds is 4. The van der Waals surface area contributed by atoms with Crippen molar-refractivity contribution < 1.29 is 0 Å². The number of hydrogen-bond acceptors (Lipinski definition) is 4. The van der Waals surface area contributed by atoms with Crippen LogP contribution >= 0.6 is 0 Å². The number of nitrogens with zero attached hydrogens (tertiary/aromatic N) is 4. The average molecular weight is 297 g/mol. The zero-order chi connectivity index (χ0) is 15.5. The third-order valence-electron chi connectivity index (χ3n) is 3.33. The summed E-state index contributed by atoms with van der Waals surface area (Å²) in [5, 5.41) is 8.14. The number of hydrogen-bond donors (Lipinski definition) is 1. The third-order valence-corrected chi connectivity index (χ3v) is 3.33. The average Bonchev–Trinajstić information content (AvgIpc) is 2.93. The number of nitrogens with one attached hydrogen (secondary N) is 1. The van der Waals surface area contributed by atoms with Crippen LogP contribution in [0.5, 0.6) is 0 Å². The Morgan fingerprint density at radius 1 is 1.14 bits per heavy atom. The van der Waals surface area contributed by atoms with Crippen molar-refractivity contribution in [3.63, 3.8) is 0 Å². The Morgan fingerprint density at radius 2 is 1.91 bits per heavy atom. The van der Waals surface area contributed by atoms with Crippen molar-refractivity contribution in [1.29, 1.82) is 0 Å². The SMILES string of the molecule is Cn1cc(Cn2cc(Cc3ccccc3)nn2)c(=O)[nH]c1=O. The summed E-state index contributed by atoms with van der Waals surface area (Å²) < 4.78 is 2.92. The molecule has 0 atom stereocenters. The van der Waals surface area contributed by atoms with Crippen molar-refractivity contribution in [2.45, 2.75) is 13.0 Å². The first-order chi connectivity index (χ1) is 10.6. The predicted molar refractivity (Wildman–Crippen MR) is 80.7 cm³/mol. The first kappa shape index (κ1) is 14.0. The maximum absolute atomic E-state index is 11.8. The molecule has 3 rings (SSSR count). The van der Waals surface area contributed by atoms with Crippen LogP contribution in [-0.2, 0) is 20.0 Å². The molecule has 2 aromatic heterocycles. The van der Waals surface area contributed by atoms with Crippen LogP contribution in [0.1, 0.15) is 16.8 Å². The molecule has 0 aliphatic heterocycles. The molecule has 0 fully saturated rings. The van der Waals surface area contributed by atoms with Gasteiger partial charge in [0.05, 0.1) is 17.8 Å². The van der Waals surface area contributed by atoms with Gasteiger partial charge in [-0.15, -0.1) is 5.10 Å². The van der Waals surface area contributed by atoms with Crippen LogP contribution in [0.3, 0.4) is 0 Å². The van der Waals surface area contributed by atoms with Gasteiger partial charge >= 0.3 is 5.69 Å². The van der Waals surface area contributed by atoms with E-state index in [0.29, 0.717) is 12.0 Å². The number of benzene rings is 1. The van der Waals surface area contributed by atoms with Crippen LogP contribution in [0.2, 0.25) is 0 Å². The van der Waals surface area contributed by atoms with E-state index in [1.807, 2.05) is 30.3 Å². The third kappa shape index (κ3) is 3.03. The summed E-state index contributed by atoms with van der Waals surface area (Å²) in [4.78, 5) is 25.4. The zero-order valence-electron chi connectivity index (χ0n) is 12.1. The lowest BCUT2D eigenvalue weighted by Crippen LogP contribution is -2.30. The number of aryl methyl sites for hydroxylation is 1. The van der Waals surface area contributed by atoms with Gasteiger partial charge in [-0.25, -0.2) is 9.48 Å². The van der Waals surface area contributed by atoms with E-state index < -0.39 is 11.2 Å². The molecule has 0 amide bonds. The molecule has 1 N–H and O–H groups in total. The molecule has 7 nitrogen and oxygen atoms in total. The highest BCUT2D eigenvalue weighted by atomic mass is 16.2. The van der Waals surface area contributed by atoms with Gasteiger partial charge in [-0.05, 0) is 5.56 Å². The van der Waals surface area contributed by atoms with Gasteiger partial charge < -0.3 is 4.57 Å². The van der Waals surface area contributed by atoms with Gasteiger partial charge in [-0.2, -0.15) is 0 Å². The van der Waals surface area contributed by atoms with Crippen LogP contribution in [-0.4, -0.2) is 24.5 Å². The largest absolute Gasteiger partial charge is 0.328 e. The minimum Gasteiger partial charge on any atom is -0.303 e. The maximum Gasteiger partial charge on any atom is 0.328 e. The molecule has 112 valence electrons. The lowest BCUT2D eigenvalue weighted by Gasteiger charge is -2.02. The zero-order valence-corrected chi connectivity index (χ0v) is 12.1. The summed E-state index contributed by atoms with van der Waals surface area (Å²) in [5.74, 6) is 0. The fourth-order valence-corrected chi connectivity index (χ4v) is 2.21. The molecule has 0 unspecified atom stereocenters. The summed E-state index contributed by atoms with van der Waals surface area (Å²) in [7, 11) is 1.59. The summed E-state index contributed by atoms with van der Waals surface area (Å²) in [5.41, 5.74) is 1.60. The fraction of sp³-hybridized carbons (Fsp3) is 0.200. The predicted octanol–water partition coefficient (Wildman–Crippen LogP) is 0.304. The monoisotopic (exact) mass is 297 g/mol. The van der Waals surface area contributed by atoms with Crippen molar-refractivity contribution in [2.75, 3.05) is 0 Å². The van der Waals surface area contributed by atoms with E-state index in [9.17, 15) is 9.59 Å². The highest BCUT2D eigenvalue weighted by molar-refractivity contribution is 5.20. The molecule has 0 bridgehead atoms. The Kier molecular flexibility index (Phi) is 3.69. The molecule has 0 saturated carbocycles. The molecule has 0 radical (unpaired) electrons. The van der Waals surface area contributed by atoms with Gasteiger partial charge in [0, 0.05) is 25.9 Å². The summed E-state index contributed by atoms with van der Waals surface area (Å²) in [6.45, 7) is 0.269.